The van der Waals surface area contributed by atoms with Crippen LogP contribution in [-0.4, -0.2) is 27.8 Å². The van der Waals surface area contributed by atoms with Crippen LogP contribution in [0.25, 0.3) is 22.2 Å². The first-order valence-electron chi connectivity index (χ1n) is 11.9. The number of nitrogens with one attached hydrogen (secondary N) is 1. The predicted octanol–water partition coefficient (Wildman–Crippen LogP) is 6.51. The van der Waals surface area contributed by atoms with Gasteiger partial charge in [-0.05, 0) is 35.4 Å². The number of fused-ring (bicyclic) bond motifs is 1. The van der Waals surface area contributed by atoms with E-state index < -0.39 is 52.3 Å². The van der Waals surface area contributed by atoms with Gasteiger partial charge in [-0.1, -0.05) is 18.2 Å². The van der Waals surface area contributed by atoms with Gasteiger partial charge in [-0.3, -0.25) is 14.6 Å². The molecule has 12 heteroatoms. The van der Waals surface area contributed by atoms with Crippen LogP contribution in [0.5, 0.6) is 17.2 Å². The first kappa shape index (κ1) is 27.4. The Kier molecular flexibility index (Phi) is 7.22. The average molecular weight is 567 g/mol. The van der Waals surface area contributed by atoms with E-state index in [1.807, 2.05) is 4.98 Å². The minimum Gasteiger partial charge on any atom is -0.495 e. The van der Waals surface area contributed by atoms with Crippen LogP contribution in [0.15, 0.2) is 78.0 Å². The molecule has 41 heavy (non-hydrogen) atoms. The third-order valence-corrected chi connectivity index (χ3v) is 6.13. The Morgan fingerprint density at radius 3 is 2.41 bits per heavy atom. The molecule has 0 saturated heterocycles. The number of halogens is 5. The maximum atomic E-state index is 15.0. The molecule has 0 saturated carbocycles. The summed E-state index contributed by atoms with van der Waals surface area (Å²) in [6, 6.07) is 10.6. The van der Waals surface area contributed by atoms with Crippen molar-refractivity contribution in [2.24, 2.45) is 0 Å². The topological polar surface area (TPSA) is 94.2 Å². The summed E-state index contributed by atoms with van der Waals surface area (Å²) in [6.45, 7) is 0. The Labute approximate surface area is 228 Å². The van der Waals surface area contributed by atoms with E-state index in [2.05, 4.69) is 9.97 Å². The van der Waals surface area contributed by atoms with Crippen LogP contribution < -0.4 is 14.9 Å². The van der Waals surface area contributed by atoms with Crippen molar-refractivity contribution in [3.8, 4) is 28.4 Å². The molecule has 5 rings (SSSR count). The molecule has 2 aromatic carbocycles. The lowest BCUT2D eigenvalue weighted by Crippen LogP contribution is -2.24. The van der Waals surface area contributed by atoms with Crippen LogP contribution in [0.2, 0.25) is 0 Å². The van der Waals surface area contributed by atoms with Gasteiger partial charge in [-0.25, -0.2) is 13.8 Å². The van der Waals surface area contributed by atoms with Crippen molar-refractivity contribution in [1.29, 1.82) is 0 Å². The normalized spacial score (nSPS) is 11.5. The quantitative estimate of drug-likeness (QED) is 0.178. The second kappa shape index (κ2) is 10.8. The lowest BCUT2D eigenvalue weighted by Gasteiger charge is -2.14. The van der Waals surface area contributed by atoms with Crippen LogP contribution >= 0.6 is 0 Å². The fourth-order valence-corrected chi connectivity index (χ4v) is 4.17. The zero-order chi connectivity index (χ0) is 29.3. The summed E-state index contributed by atoms with van der Waals surface area (Å²) in [6.07, 6.45) is -1.87. The molecule has 7 nitrogen and oxygen atoms in total. The Bertz CT molecular complexity index is 1840. The van der Waals surface area contributed by atoms with E-state index in [0.29, 0.717) is 23.0 Å². The van der Waals surface area contributed by atoms with Crippen LogP contribution in [0.1, 0.15) is 21.6 Å². The van der Waals surface area contributed by atoms with E-state index in [-0.39, 0.29) is 22.6 Å². The van der Waals surface area contributed by atoms with Gasteiger partial charge in [0.1, 0.15) is 22.8 Å². The van der Waals surface area contributed by atoms with Crippen molar-refractivity contribution in [2.75, 3.05) is 7.11 Å². The van der Waals surface area contributed by atoms with Crippen LogP contribution in [0.3, 0.4) is 0 Å². The van der Waals surface area contributed by atoms with Gasteiger partial charge in [0.15, 0.2) is 23.1 Å². The number of ether oxygens (including phenoxy) is 2. The Morgan fingerprint density at radius 1 is 0.976 bits per heavy atom. The van der Waals surface area contributed by atoms with E-state index in [1.165, 1.54) is 37.7 Å². The molecule has 3 heterocycles. The van der Waals surface area contributed by atoms with Crippen molar-refractivity contribution in [3.05, 3.63) is 112 Å². The van der Waals surface area contributed by atoms with Gasteiger partial charge >= 0.3 is 6.18 Å². The number of carbonyl (C=O) groups is 1. The number of benzene rings is 2. The van der Waals surface area contributed by atoms with Gasteiger partial charge in [0.25, 0.3) is 0 Å². The van der Waals surface area contributed by atoms with Crippen LogP contribution in [0.4, 0.5) is 22.0 Å². The molecule has 0 atom stereocenters. The second-order valence-corrected chi connectivity index (χ2v) is 8.80. The van der Waals surface area contributed by atoms with Crippen molar-refractivity contribution in [2.45, 2.75) is 12.6 Å². The van der Waals surface area contributed by atoms with Crippen LogP contribution in [0, 0.1) is 11.6 Å². The van der Waals surface area contributed by atoms with Crippen molar-refractivity contribution in [1.82, 2.24) is 15.0 Å². The minimum absolute atomic E-state index is 0.143. The summed E-state index contributed by atoms with van der Waals surface area (Å²) in [5.41, 5.74) is -3.24. The van der Waals surface area contributed by atoms with E-state index in [9.17, 15) is 31.5 Å². The van der Waals surface area contributed by atoms with Gasteiger partial charge in [0, 0.05) is 30.9 Å². The SMILES string of the molecule is COc1cnc2c(Oc3ccc(CC(=O)c4c[nH]c(C(F)(F)F)c(-c5ccc(F)cc5)c4=O)cc3F)ccnc2c1. The largest absolute Gasteiger partial charge is 0.495 e. The van der Waals surface area contributed by atoms with E-state index in [4.69, 9.17) is 9.47 Å². The lowest BCUT2D eigenvalue weighted by atomic mass is 9.97. The molecule has 3 aromatic heterocycles. The molecule has 5 aromatic rings. The number of carbonyl (C=O) groups excluding carboxylic acids is 1. The summed E-state index contributed by atoms with van der Waals surface area (Å²) in [4.78, 5) is 36.5. The van der Waals surface area contributed by atoms with Gasteiger partial charge in [0.2, 0.25) is 5.43 Å². The van der Waals surface area contributed by atoms with Crippen molar-refractivity contribution < 1.29 is 36.2 Å². The molecule has 0 amide bonds. The molecule has 0 fully saturated rings. The number of alkyl halides is 3. The first-order chi connectivity index (χ1) is 19.5. The zero-order valence-electron chi connectivity index (χ0n) is 21.1. The lowest BCUT2D eigenvalue weighted by molar-refractivity contribution is -0.140. The van der Waals surface area contributed by atoms with Gasteiger partial charge in [0.05, 0.1) is 30.0 Å². The standard InChI is InChI=1S/C29H18F5N3O4/c1-40-18-12-21-26(36-13-18)24(8-9-35-21)41-23-7-2-15(10-20(23)31)11-22(38)19-14-37-28(29(32,33)34)25(27(19)39)16-3-5-17(30)6-4-16/h2-10,12-14H,11H2,1H3,(H,37,39). The summed E-state index contributed by atoms with van der Waals surface area (Å²) < 4.78 is 80.0. The molecule has 0 aliphatic rings. The maximum Gasteiger partial charge on any atom is 0.431 e. The van der Waals surface area contributed by atoms with Gasteiger partial charge in [-0.2, -0.15) is 13.2 Å². The smallest absolute Gasteiger partial charge is 0.431 e. The summed E-state index contributed by atoms with van der Waals surface area (Å²) in [5, 5.41) is 0. The number of hydrogen-bond acceptors (Lipinski definition) is 6. The monoisotopic (exact) mass is 567 g/mol. The fourth-order valence-electron chi connectivity index (χ4n) is 4.17. The highest BCUT2D eigenvalue weighted by molar-refractivity contribution is 5.98. The number of nitrogens with zero attached hydrogens (tertiary/aromatic N) is 2. The molecule has 0 aliphatic heterocycles. The maximum absolute atomic E-state index is 15.0. The number of rotatable bonds is 7. The molecule has 0 spiro atoms. The number of hydrogen-bond donors (Lipinski definition) is 1. The number of methoxy groups -OCH3 is 1. The average Bonchev–Trinajstić information content (AvgIpc) is 2.94. The van der Waals surface area contributed by atoms with Crippen molar-refractivity contribution >= 4 is 16.8 Å². The summed E-state index contributed by atoms with van der Waals surface area (Å²) >= 11 is 0. The highest BCUT2D eigenvalue weighted by Gasteiger charge is 2.37. The highest BCUT2D eigenvalue weighted by Crippen LogP contribution is 2.34. The number of ketones is 1. The molecule has 1 N–H and O–H groups in total. The number of pyridine rings is 3. The molecule has 0 unspecified atom stereocenters. The predicted molar refractivity (Wildman–Crippen MR) is 138 cm³/mol. The molecule has 0 radical (unpaired) electrons. The van der Waals surface area contributed by atoms with E-state index >= 15 is 0 Å². The van der Waals surface area contributed by atoms with Gasteiger partial charge < -0.3 is 14.5 Å². The number of aromatic nitrogens is 3. The van der Waals surface area contributed by atoms with Crippen molar-refractivity contribution in [3.63, 3.8) is 0 Å². The minimum atomic E-state index is -4.95. The summed E-state index contributed by atoms with van der Waals surface area (Å²) in [5.74, 6) is -1.90. The fraction of sp³-hybridized carbons (Fsp3) is 0.103. The zero-order valence-corrected chi connectivity index (χ0v) is 21.1. The number of H-pyrrole nitrogens is 1. The van der Waals surface area contributed by atoms with E-state index in [0.717, 1.165) is 30.3 Å². The first-order valence-corrected chi connectivity index (χ1v) is 11.9. The number of aromatic amines is 1. The molecular weight excluding hydrogens is 549 g/mol. The molecule has 0 bridgehead atoms. The third-order valence-electron chi connectivity index (χ3n) is 6.13. The van der Waals surface area contributed by atoms with Crippen LogP contribution in [-0.2, 0) is 12.6 Å². The molecule has 208 valence electrons. The Balaban J connectivity index is 1.42. The van der Waals surface area contributed by atoms with Gasteiger partial charge in [-0.15, -0.1) is 0 Å². The second-order valence-electron chi connectivity index (χ2n) is 8.80. The Morgan fingerprint density at radius 2 is 1.73 bits per heavy atom. The highest BCUT2D eigenvalue weighted by atomic mass is 19.4. The summed E-state index contributed by atoms with van der Waals surface area (Å²) in [7, 11) is 1.48. The number of Topliss-reactive ketones (excluding diaryl/α,β-unsaturated/α-hetero) is 1. The Hall–Kier alpha value is -5.13. The molecular formula is C29H18F5N3O4. The third kappa shape index (κ3) is 5.62. The van der Waals surface area contributed by atoms with E-state index in [1.54, 1.807) is 6.07 Å². The molecule has 0 aliphatic carbocycles.